The van der Waals surface area contributed by atoms with E-state index in [1.54, 1.807) is 24.3 Å². The Hall–Kier alpha value is -3.03. The van der Waals surface area contributed by atoms with E-state index in [9.17, 15) is 9.90 Å². The van der Waals surface area contributed by atoms with Gasteiger partial charge in [-0.05, 0) is 70.4 Å². The summed E-state index contributed by atoms with van der Waals surface area (Å²) >= 11 is 9.43. The van der Waals surface area contributed by atoms with Gasteiger partial charge in [0.25, 0.3) is 5.91 Å². The average molecular weight is 504 g/mol. The van der Waals surface area contributed by atoms with Crippen molar-refractivity contribution < 1.29 is 19.4 Å². The first kappa shape index (κ1) is 22.7. The topological polar surface area (TPSA) is 80.2 Å². The van der Waals surface area contributed by atoms with Crippen LogP contribution in [0.1, 0.15) is 28.4 Å². The number of benzene rings is 3. The lowest BCUT2D eigenvalue weighted by Gasteiger charge is -2.14. The Morgan fingerprint density at radius 3 is 2.61 bits per heavy atom. The maximum atomic E-state index is 12.1. The summed E-state index contributed by atoms with van der Waals surface area (Å²) in [6, 6.07) is 17.2. The normalized spacial score (nSPS) is 10.8. The third kappa shape index (κ3) is 6.23. The van der Waals surface area contributed by atoms with E-state index in [-0.39, 0.29) is 11.3 Å². The molecule has 0 aromatic heterocycles. The van der Waals surface area contributed by atoms with Crippen molar-refractivity contribution in [3.8, 4) is 17.2 Å². The van der Waals surface area contributed by atoms with Crippen LogP contribution in [0.4, 0.5) is 0 Å². The number of amides is 1. The Balaban J connectivity index is 1.73. The molecule has 0 aliphatic carbocycles. The largest absolute Gasteiger partial charge is 0.507 e. The number of rotatable bonds is 8. The van der Waals surface area contributed by atoms with Gasteiger partial charge in [0.05, 0.1) is 22.9 Å². The van der Waals surface area contributed by atoms with Gasteiger partial charge in [-0.15, -0.1) is 0 Å². The van der Waals surface area contributed by atoms with Gasteiger partial charge in [-0.1, -0.05) is 35.9 Å². The number of halogens is 2. The second-order valence-electron chi connectivity index (χ2n) is 6.39. The molecule has 0 radical (unpaired) electrons. The van der Waals surface area contributed by atoms with Crippen molar-refractivity contribution in [1.82, 2.24) is 5.43 Å². The number of hydrogen-bond acceptors (Lipinski definition) is 5. The molecule has 0 bridgehead atoms. The fourth-order valence-electron chi connectivity index (χ4n) is 2.69. The number of phenols is 1. The first-order valence-corrected chi connectivity index (χ1v) is 10.6. The standard InChI is InChI=1S/C23H20BrClN2O4/c1-2-30-21-12-16(13-26-27-23(29)18-5-3-4-6-20(18)28)11-19(24)22(21)31-14-15-7-9-17(25)10-8-15/h3-13,28H,2,14H2,1H3,(H,27,29)/b26-13-. The fraction of sp³-hybridized carbons (Fsp3) is 0.130. The molecule has 0 saturated carbocycles. The van der Waals surface area contributed by atoms with Crippen LogP contribution in [0.5, 0.6) is 17.2 Å². The number of carbonyl (C=O) groups is 1. The van der Waals surface area contributed by atoms with E-state index in [0.717, 1.165) is 5.56 Å². The van der Waals surface area contributed by atoms with Crippen molar-refractivity contribution in [1.29, 1.82) is 0 Å². The number of phenolic OH excluding ortho intramolecular Hbond substituents is 1. The molecule has 0 aliphatic rings. The summed E-state index contributed by atoms with van der Waals surface area (Å²) in [5, 5.41) is 14.4. The fourth-order valence-corrected chi connectivity index (χ4v) is 3.39. The lowest BCUT2D eigenvalue weighted by molar-refractivity contribution is 0.0952. The van der Waals surface area contributed by atoms with Crippen molar-refractivity contribution in [3.63, 3.8) is 0 Å². The van der Waals surface area contributed by atoms with E-state index in [1.165, 1.54) is 18.3 Å². The van der Waals surface area contributed by atoms with Gasteiger partial charge in [0.2, 0.25) is 0 Å². The molecule has 0 unspecified atom stereocenters. The number of carbonyl (C=O) groups excluding carboxylic acids is 1. The van der Waals surface area contributed by atoms with E-state index in [4.69, 9.17) is 21.1 Å². The monoisotopic (exact) mass is 502 g/mol. The van der Waals surface area contributed by atoms with Gasteiger partial charge in [0.15, 0.2) is 11.5 Å². The van der Waals surface area contributed by atoms with Crippen LogP contribution >= 0.6 is 27.5 Å². The quantitative estimate of drug-likeness (QED) is 0.312. The number of nitrogens with one attached hydrogen (secondary N) is 1. The molecule has 3 aromatic carbocycles. The zero-order valence-corrected chi connectivity index (χ0v) is 19.0. The van der Waals surface area contributed by atoms with E-state index in [0.29, 0.717) is 39.8 Å². The molecule has 8 heteroatoms. The van der Waals surface area contributed by atoms with Gasteiger partial charge >= 0.3 is 0 Å². The highest BCUT2D eigenvalue weighted by Gasteiger charge is 2.13. The van der Waals surface area contributed by atoms with Gasteiger partial charge in [-0.2, -0.15) is 5.10 Å². The molecular weight excluding hydrogens is 484 g/mol. The van der Waals surface area contributed by atoms with Crippen LogP contribution in [0.2, 0.25) is 5.02 Å². The molecular formula is C23H20BrClN2O4. The first-order valence-electron chi connectivity index (χ1n) is 9.43. The predicted octanol–water partition coefficient (Wildman–Crippen LogP) is 5.55. The minimum Gasteiger partial charge on any atom is -0.507 e. The van der Waals surface area contributed by atoms with Crippen LogP contribution in [-0.4, -0.2) is 23.8 Å². The molecule has 1 amide bonds. The lowest BCUT2D eigenvalue weighted by Crippen LogP contribution is -2.17. The summed E-state index contributed by atoms with van der Waals surface area (Å²) in [6.45, 7) is 2.68. The summed E-state index contributed by atoms with van der Waals surface area (Å²) in [5.74, 6) is 0.478. The number of para-hydroxylation sites is 1. The Morgan fingerprint density at radius 2 is 1.90 bits per heavy atom. The summed E-state index contributed by atoms with van der Waals surface area (Å²) in [7, 11) is 0. The van der Waals surface area contributed by atoms with Gasteiger partial charge in [0.1, 0.15) is 12.4 Å². The van der Waals surface area contributed by atoms with Gasteiger partial charge in [-0.3, -0.25) is 4.79 Å². The molecule has 0 spiro atoms. The van der Waals surface area contributed by atoms with Crippen molar-refractivity contribution in [2.24, 2.45) is 5.10 Å². The molecule has 0 heterocycles. The van der Waals surface area contributed by atoms with Gasteiger partial charge in [-0.25, -0.2) is 5.43 Å². The van der Waals surface area contributed by atoms with Crippen LogP contribution in [-0.2, 0) is 6.61 Å². The molecule has 3 aromatic rings. The highest BCUT2D eigenvalue weighted by atomic mass is 79.9. The van der Waals surface area contributed by atoms with E-state index >= 15 is 0 Å². The summed E-state index contributed by atoms with van der Waals surface area (Å²) in [5.41, 5.74) is 4.19. The van der Waals surface area contributed by atoms with E-state index < -0.39 is 5.91 Å². The first-order chi connectivity index (χ1) is 15.0. The van der Waals surface area contributed by atoms with Crippen LogP contribution in [0.15, 0.2) is 70.2 Å². The Morgan fingerprint density at radius 1 is 1.16 bits per heavy atom. The zero-order chi connectivity index (χ0) is 22.2. The SMILES string of the molecule is CCOc1cc(/C=N\NC(=O)c2ccccc2O)cc(Br)c1OCc1ccc(Cl)cc1. The Labute approximate surface area is 193 Å². The predicted molar refractivity (Wildman–Crippen MR) is 124 cm³/mol. The summed E-state index contributed by atoms with van der Waals surface area (Å²) in [6.07, 6.45) is 1.48. The number of nitrogens with zero attached hydrogens (tertiary/aromatic N) is 1. The minimum atomic E-state index is -0.513. The van der Waals surface area contributed by atoms with Crippen molar-refractivity contribution in [2.45, 2.75) is 13.5 Å². The summed E-state index contributed by atoms with van der Waals surface area (Å²) < 4.78 is 12.4. The van der Waals surface area contributed by atoms with Crippen LogP contribution in [0.25, 0.3) is 0 Å². The van der Waals surface area contributed by atoms with Crippen LogP contribution in [0.3, 0.4) is 0 Å². The highest BCUT2D eigenvalue weighted by molar-refractivity contribution is 9.10. The zero-order valence-electron chi connectivity index (χ0n) is 16.6. The van der Waals surface area contributed by atoms with Crippen LogP contribution < -0.4 is 14.9 Å². The van der Waals surface area contributed by atoms with Crippen molar-refractivity contribution in [3.05, 3.63) is 86.8 Å². The number of aromatic hydroxyl groups is 1. The minimum absolute atomic E-state index is 0.112. The Bertz CT molecular complexity index is 1090. The Kier molecular flexibility index (Phi) is 7.92. The van der Waals surface area contributed by atoms with Crippen molar-refractivity contribution >= 4 is 39.7 Å². The summed E-state index contributed by atoms with van der Waals surface area (Å²) in [4.78, 5) is 12.1. The van der Waals surface area contributed by atoms with E-state index in [2.05, 4.69) is 26.5 Å². The molecule has 6 nitrogen and oxygen atoms in total. The maximum absolute atomic E-state index is 12.1. The maximum Gasteiger partial charge on any atom is 0.275 e. The molecule has 0 saturated heterocycles. The second kappa shape index (κ2) is 10.8. The molecule has 0 fully saturated rings. The van der Waals surface area contributed by atoms with Gasteiger partial charge in [0, 0.05) is 5.02 Å². The molecule has 0 aliphatic heterocycles. The van der Waals surface area contributed by atoms with Crippen molar-refractivity contribution in [2.75, 3.05) is 6.61 Å². The highest BCUT2D eigenvalue weighted by Crippen LogP contribution is 2.37. The molecule has 31 heavy (non-hydrogen) atoms. The van der Waals surface area contributed by atoms with Crippen LogP contribution in [0, 0.1) is 0 Å². The molecule has 3 rings (SSSR count). The second-order valence-corrected chi connectivity index (χ2v) is 7.69. The molecule has 0 atom stereocenters. The molecule has 2 N–H and O–H groups in total. The third-order valence-electron chi connectivity index (χ3n) is 4.16. The lowest BCUT2D eigenvalue weighted by atomic mass is 10.2. The smallest absolute Gasteiger partial charge is 0.275 e. The number of hydrazone groups is 1. The average Bonchev–Trinajstić information content (AvgIpc) is 2.75. The van der Waals surface area contributed by atoms with Gasteiger partial charge < -0.3 is 14.6 Å². The number of ether oxygens (including phenoxy) is 2. The third-order valence-corrected chi connectivity index (χ3v) is 5.00. The van der Waals surface area contributed by atoms with E-state index in [1.807, 2.05) is 31.2 Å². The molecule has 160 valence electrons. The number of hydrogen-bond donors (Lipinski definition) is 2.